The Labute approximate surface area is 116 Å². The second-order valence-electron chi connectivity index (χ2n) is 6.52. The largest absolute Gasteiger partial charge is 0.459 e. The maximum absolute atomic E-state index is 6.20. The summed E-state index contributed by atoms with van der Waals surface area (Å²) >= 11 is 0. The maximum Gasteiger partial charge on any atom is 0.138 e. The predicted molar refractivity (Wildman–Crippen MR) is 81.9 cm³/mol. The van der Waals surface area contributed by atoms with Crippen molar-refractivity contribution >= 4 is 11.0 Å². The highest BCUT2D eigenvalue weighted by Gasteiger charge is 2.26. The van der Waals surface area contributed by atoms with Crippen molar-refractivity contribution in [2.75, 3.05) is 7.05 Å². The summed E-state index contributed by atoms with van der Waals surface area (Å²) in [5, 5.41) is 4.52. The molecule has 104 valence electrons. The van der Waals surface area contributed by atoms with Crippen molar-refractivity contribution in [2.24, 2.45) is 0 Å². The summed E-state index contributed by atoms with van der Waals surface area (Å²) in [5.74, 6) is 1.07. The fourth-order valence-corrected chi connectivity index (χ4v) is 2.88. The molecule has 2 nitrogen and oxygen atoms in total. The van der Waals surface area contributed by atoms with Crippen LogP contribution in [0.2, 0.25) is 0 Å². The molecule has 0 radical (unpaired) electrons. The number of fused-ring (bicyclic) bond motifs is 1. The molecule has 0 spiro atoms. The van der Waals surface area contributed by atoms with Gasteiger partial charge in [-0.1, -0.05) is 26.8 Å². The molecular weight excluding hydrogens is 234 g/mol. The molecule has 0 aliphatic heterocycles. The van der Waals surface area contributed by atoms with Gasteiger partial charge in [-0.15, -0.1) is 0 Å². The minimum atomic E-state index is 0.0872. The quantitative estimate of drug-likeness (QED) is 0.866. The van der Waals surface area contributed by atoms with Crippen molar-refractivity contribution < 1.29 is 4.42 Å². The zero-order chi connectivity index (χ0) is 14.4. The summed E-state index contributed by atoms with van der Waals surface area (Å²) < 4.78 is 6.20. The molecule has 2 heteroatoms. The number of rotatable bonds is 2. The van der Waals surface area contributed by atoms with Crippen LogP contribution >= 0.6 is 0 Å². The number of furan rings is 1. The minimum Gasteiger partial charge on any atom is -0.459 e. The van der Waals surface area contributed by atoms with E-state index in [-0.39, 0.29) is 5.41 Å². The first kappa shape index (κ1) is 14.1. The van der Waals surface area contributed by atoms with Crippen LogP contribution in [0.5, 0.6) is 0 Å². The van der Waals surface area contributed by atoms with E-state index in [9.17, 15) is 0 Å². The molecule has 1 N–H and O–H groups in total. The lowest BCUT2D eigenvalue weighted by atomic mass is 9.83. The molecular formula is C17H25NO. The first-order chi connectivity index (χ1) is 8.77. The van der Waals surface area contributed by atoms with Gasteiger partial charge in [-0.3, -0.25) is 0 Å². The van der Waals surface area contributed by atoms with Gasteiger partial charge in [-0.25, -0.2) is 0 Å². The first-order valence-electron chi connectivity index (χ1n) is 6.94. The third-order valence-corrected chi connectivity index (χ3v) is 3.83. The Morgan fingerprint density at radius 2 is 1.74 bits per heavy atom. The van der Waals surface area contributed by atoms with Crippen molar-refractivity contribution in [3.05, 3.63) is 34.1 Å². The molecule has 1 aromatic carbocycles. The summed E-state index contributed by atoms with van der Waals surface area (Å²) in [6.45, 7) is 14.0. The van der Waals surface area contributed by atoms with Crippen molar-refractivity contribution in [2.45, 2.75) is 53.5 Å². The third-order valence-electron chi connectivity index (χ3n) is 3.83. The van der Waals surface area contributed by atoms with E-state index in [4.69, 9.17) is 4.42 Å². The zero-order valence-corrected chi connectivity index (χ0v) is 13.2. The van der Waals surface area contributed by atoms with Gasteiger partial charge < -0.3 is 9.73 Å². The van der Waals surface area contributed by atoms with Crippen LogP contribution in [-0.4, -0.2) is 7.05 Å². The summed E-state index contributed by atoms with van der Waals surface area (Å²) in [6.07, 6.45) is 0. The fraction of sp³-hybridized carbons (Fsp3) is 0.529. The molecule has 0 atom stereocenters. The molecule has 0 aliphatic carbocycles. The molecule has 0 amide bonds. The highest BCUT2D eigenvalue weighted by molar-refractivity contribution is 5.90. The average Bonchev–Trinajstić information content (AvgIpc) is 2.66. The Hall–Kier alpha value is -1.28. The molecule has 0 fully saturated rings. The maximum atomic E-state index is 6.20. The van der Waals surface area contributed by atoms with Crippen LogP contribution in [0.3, 0.4) is 0 Å². The summed E-state index contributed by atoms with van der Waals surface area (Å²) in [4.78, 5) is 0. The second kappa shape index (κ2) is 4.68. The van der Waals surface area contributed by atoms with Crippen molar-refractivity contribution in [3.63, 3.8) is 0 Å². The van der Waals surface area contributed by atoms with Gasteiger partial charge >= 0.3 is 0 Å². The average molecular weight is 259 g/mol. The molecule has 2 aromatic rings. The van der Waals surface area contributed by atoms with Crippen LogP contribution < -0.4 is 5.32 Å². The van der Waals surface area contributed by atoms with Crippen molar-refractivity contribution in [1.82, 2.24) is 5.32 Å². The SMILES string of the molecule is CNCc1oc2c(C)c(C)cc(C)c2c1C(C)(C)C. The van der Waals surface area contributed by atoms with Crippen LogP contribution in [-0.2, 0) is 12.0 Å². The molecule has 1 heterocycles. The Balaban J connectivity index is 2.90. The van der Waals surface area contributed by atoms with E-state index >= 15 is 0 Å². The topological polar surface area (TPSA) is 25.2 Å². The van der Waals surface area contributed by atoms with Gasteiger partial charge in [0.2, 0.25) is 0 Å². The van der Waals surface area contributed by atoms with Gasteiger partial charge in [0.05, 0.1) is 6.54 Å². The lowest BCUT2D eigenvalue weighted by molar-refractivity contribution is 0.494. The van der Waals surface area contributed by atoms with Crippen LogP contribution in [0.15, 0.2) is 10.5 Å². The van der Waals surface area contributed by atoms with Crippen molar-refractivity contribution in [1.29, 1.82) is 0 Å². The normalized spacial score (nSPS) is 12.4. The Morgan fingerprint density at radius 1 is 1.11 bits per heavy atom. The minimum absolute atomic E-state index is 0.0872. The zero-order valence-electron chi connectivity index (χ0n) is 13.2. The van der Waals surface area contributed by atoms with Gasteiger partial charge in [0, 0.05) is 10.9 Å². The second-order valence-corrected chi connectivity index (χ2v) is 6.52. The van der Waals surface area contributed by atoms with E-state index in [0.717, 1.165) is 17.9 Å². The molecule has 1 aromatic heterocycles. The summed E-state index contributed by atoms with van der Waals surface area (Å²) in [7, 11) is 1.96. The number of nitrogens with one attached hydrogen (secondary N) is 1. The van der Waals surface area contributed by atoms with Gasteiger partial charge in [0.25, 0.3) is 0 Å². The van der Waals surface area contributed by atoms with Gasteiger partial charge in [0.15, 0.2) is 0 Å². The highest BCUT2D eigenvalue weighted by Crippen LogP contribution is 2.39. The van der Waals surface area contributed by atoms with Crippen LogP contribution in [0, 0.1) is 20.8 Å². The Morgan fingerprint density at radius 3 is 2.26 bits per heavy atom. The predicted octanol–water partition coefficient (Wildman–Crippen LogP) is 4.37. The summed E-state index contributed by atoms with van der Waals surface area (Å²) in [5.41, 5.74) is 6.37. The Bertz CT molecular complexity index is 614. The van der Waals surface area contributed by atoms with Crippen LogP contribution in [0.1, 0.15) is 48.8 Å². The number of benzene rings is 1. The van der Waals surface area contributed by atoms with Gasteiger partial charge in [0.1, 0.15) is 11.3 Å². The third kappa shape index (κ3) is 2.30. The molecule has 2 rings (SSSR count). The lowest BCUT2D eigenvalue weighted by Gasteiger charge is -2.20. The molecule has 0 saturated carbocycles. The van der Waals surface area contributed by atoms with Gasteiger partial charge in [-0.2, -0.15) is 0 Å². The van der Waals surface area contributed by atoms with E-state index in [1.165, 1.54) is 27.6 Å². The molecule has 19 heavy (non-hydrogen) atoms. The number of hydrogen-bond acceptors (Lipinski definition) is 2. The van der Waals surface area contributed by atoms with E-state index in [0.29, 0.717) is 0 Å². The fourth-order valence-electron chi connectivity index (χ4n) is 2.88. The monoisotopic (exact) mass is 259 g/mol. The van der Waals surface area contributed by atoms with E-state index < -0.39 is 0 Å². The standard InChI is InChI=1S/C17H25NO/c1-10-8-11(2)14-15(17(4,5)6)13(9-18-7)19-16(14)12(10)3/h8,18H,9H2,1-7H3. The van der Waals surface area contributed by atoms with E-state index in [2.05, 4.69) is 52.9 Å². The summed E-state index contributed by atoms with van der Waals surface area (Å²) in [6, 6.07) is 2.27. The number of aryl methyl sites for hydroxylation is 3. The number of hydrogen-bond donors (Lipinski definition) is 1. The molecule has 0 unspecified atom stereocenters. The lowest BCUT2D eigenvalue weighted by Crippen LogP contribution is -2.16. The van der Waals surface area contributed by atoms with Crippen molar-refractivity contribution in [3.8, 4) is 0 Å². The first-order valence-corrected chi connectivity index (χ1v) is 6.94. The smallest absolute Gasteiger partial charge is 0.138 e. The van der Waals surface area contributed by atoms with Gasteiger partial charge in [-0.05, 0) is 49.9 Å². The molecule has 0 bridgehead atoms. The molecule has 0 aliphatic rings. The van der Waals surface area contributed by atoms with Crippen LogP contribution in [0.25, 0.3) is 11.0 Å². The Kier molecular flexibility index (Phi) is 3.48. The molecule has 0 saturated heterocycles. The van der Waals surface area contributed by atoms with Crippen LogP contribution in [0.4, 0.5) is 0 Å². The van der Waals surface area contributed by atoms with E-state index in [1.54, 1.807) is 0 Å². The van der Waals surface area contributed by atoms with E-state index in [1.807, 2.05) is 7.05 Å². The highest BCUT2D eigenvalue weighted by atomic mass is 16.3.